The Kier molecular flexibility index (Phi) is 6.21. The summed E-state index contributed by atoms with van der Waals surface area (Å²) in [5, 5.41) is 13.1. The first-order valence-corrected chi connectivity index (χ1v) is 8.85. The molecule has 0 saturated heterocycles. The predicted molar refractivity (Wildman–Crippen MR) is 98.2 cm³/mol. The molecule has 0 radical (unpaired) electrons. The number of nitrogens with zero attached hydrogens (tertiary/aromatic N) is 3. The van der Waals surface area contributed by atoms with Crippen molar-refractivity contribution < 1.29 is 0 Å². The SMILES string of the molecule is CN=C(NCCCc1cnn(C)c1)NCC(C)(C)c1cccs1. The Hall–Kier alpha value is -1.82. The van der Waals surface area contributed by atoms with E-state index in [-0.39, 0.29) is 5.41 Å². The summed E-state index contributed by atoms with van der Waals surface area (Å²) in [6.07, 6.45) is 6.08. The Morgan fingerprint density at radius 1 is 1.39 bits per heavy atom. The molecule has 0 aliphatic heterocycles. The van der Waals surface area contributed by atoms with Crippen LogP contribution in [0.2, 0.25) is 0 Å². The number of rotatable bonds is 7. The van der Waals surface area contributed by atoms with Gasteiger partial charge in [0.1, 0.15) is 0 Å². The summed E-state index contributed by atoms with van der Waals surface area (Å²) in [4.78, 5) is 5.69. The van der Waals surface area contributed by atoms with Crippen LogP contribution in [0.5, 0.6) is 0 Å². The minimum absolute atomic E-state index is 0.0987. The minimum Gasteiger partial charge on any atom is -0.356 e. The number of guanidine groups is 1. The van der Waals surface area contributed by atoms with Crippen molar-refractivity contribution in [3.8, 4) is 0 Å². The largest absolute Gasteiger partial charge is 0.356 e. The number of hydrogen-bond acceptors (Lipinski definition) is 3. The predicted octanol–water partition coefficient (Wildman–Crippen LogP) is 2.56. The summed E-state index contributed by atoms with van der Waals surface area (Å²) in [5.41, 5.74) is 1.37. The van der Waals surface area contributed by atoms with Gasteiger partial charge in [0.25, 0.3) is 0 Å². The van der Waals surface area contributed by atoms with Gasteiger partial charge in [-0.05, 0) is 29.9 Å². The van der Waals surface area contributed by atoms with Crippen molar-refractivity contribution in [1.29, 1.82) is 0 Å². The van der Waals surface area contributed by atoms with E-state index in [9.17, 15) is 0 Å². The first-order chi connectivity index (χ1) is 11.0. The molecule has 5 nitrogen and oxygen atoms in total. The molecule has 0 spiro atoms. The Balaban J connectivity index is 1.71. The van der Waals surface area contributed by atoms with E-state index in [1.165, 1.54) is 10.4 Å². The molecule has 2 heterocycles. The lowest BCUT2D eigenvalue weighted by Gasteiger charge is -2.25. The highest BCUT2D eigenvalue weighted by Gasteiger charge is 2.21. The van der Waals surface area contributed by atoms with E-state index >= 15 is 0 Å². The van der Waals surface area contributed by atoms with Crippen LogP contribution in [0.3, 0.4) is 0 Å². The topological polar surface area (TPSA) is 54.2 Å². The normalized spacial score (nSPS) is 12.4. The van der Waals surface area contributed by atoms with E-state index in [4.69, 9.17) is 0 Å². The van der Waals surface area contributed by atoms with Gasteiger partial charge in [-0.25, -0.2) is 0 Å². The molecule has 126 valence electrons. The van der Waals surface area contributed by atoms with Crippen LogP contribution in [0.15, 0.2) is 34.9 Å². The summed E-state index contributed by atoms with van der Waals surface area (Å²) in [6.45, 7) is 6.26. The highest BCUT2D eigenvalue weighted by atomic mass is 32.1. The zero-order valence-electron chi connectivity index (χ0n) is 14.5. The molecule has 0 saturated carbocycles. The molecule has 0 atom stereocenters. The Labute approximate surface area is 142 Å². The van der Waals surface area contributed by atoms with Crippen LogP contribution in [0.4, 0.5) is 0 Å². The molecule has 0 bridgehead atoms. The third kappa shape index (κ3) is 5.39. The molecule has 6 heteroatoms. The average Bonchev–Trinajstić information content (AvgIpc) is 3.18. The highest BCUT2D eigenvalue weighted by Crippen LogP contribution is 2.26. The van der Waals surface area contributed by atoms with Gasteiger partial charge in [-0.3, -0.25) is 9.67 Å². The van der Waals surface area contributed by atoms with Gasteiger partial charge in [-0.15, -0.1) is 11.3 Å². The van der Waals surface area contributed by atoms with Crippen LogP contribution in [0, 0.1) is 0 Å². The molecule has 2 rings (SSSR count). The Bertz CT molecular complexity index is 613. The number of hydrogen-bond donors (Lipinski definition) is 2. The number of aliphatic imine (C=N–C) groups is 1. The van der Waals surface area contributed by atoms with E-state index in [0.29, 0.717) is 0 Å². The third-order valence-electron chi connectivity index (χ3n) is 3.80. The summed E-state index contributed by atoms with van der Waals surface area (Å²) in [6, 6.07) is 4.30. The van der Waals surface area contributed by atoms with Crippen molar-refractivity contribution >= 4 is 17.3 Å². The second-order valence-electron chi connectivity index (χ2n) is 6.34. The minimum atomic E-state index is 0.0987. The van der Waals surface area contributed by atoms with Crippen molar-refractivity contribution in [2.45, 2.75) is 32.1 Å². The Morgan fingerprint density at radius 2 is 2.22 bits per heavy atom. The second-order valence-corrected chi connectivity index (χ2v) is 7.29. The van der Waals surface area contributed by atoms with Crippen LogP contribution >= 0.6 is 11.3 Å². The lowest BCUT2D eigenvalue weighted by Crippen LogP contribution is -2.43. The van der Waals surface area contributed by atoms with Crippen LogP contribution < -0.4 is 10.6 Å². The third-order valence-corrected chi connectivity index (χ3v) is 5.04. The van der Waals surface area contributed by atoms with E-state index in [1.807, 2.05) is 25.0 Å². The fourth-order valence-electron chi connectivity index (χ4n) is 2.38. The van der Waals surface area contributed by atoms with Crippen molar-refractivity contribution in [2.75, 3.05) is 20.1 Å². The van der Waals surface area contributed by atoms with E-state index < -0.39 is 0 Å². The number of nitrogens with one attached hydrogen (secondary N) is 2. The number of thiophene rings is 1. The van der Waals surface area contributed by atoms with Crippen LogP contribution in [0.25, 0.3) is 0 Å². The van der Waals surface area contributed by atoms with Gasteiger partial charge in [0.2, 0.25) is 0 Å². The lowest BCUT2D eigenvalue weighted by atomic mass is 9.91. The molecule has 23 heavy (non-hydrogen) atoms. The zero-order valence-corrected chi connectivity index (χ0v) is 15.3. The van der Waals surface area contributed by atoms with Gasteiger partial charge in [0.15, 0.2) is 5.96 Å². The zero-order chi connectivity index (χ0) is 16.7. The molecule has 2 N–H and O–H groups in total. The first-order valence-electron chi connectivity index (χ1n) is 7.97. The molecule has 0 amide bonds. The molecular formula is C17H27N5S. The van der Waals surface area contributed by atoms with Crippen molar-refractivity contribution in [3.05, 3.63) is 40.3 Å². The second kappa shape index (κ2) is 8.15. The summed E-state index contributed by atoms with van der Waals surface area (Å²) in [5.74, 6) is 0.862. The van der Waals surface area contributed by atoms with Crippen molar-refractivity contribution in [3.63, 3.8) is 0 Å². The molecule has 0 aromatic carbocycles. The lowest BCUT2D eigenvalue weighted by molar-refractivity contribution is 0.518. The highest BCUT2D eigenvalue weighted by molar-refractivity contribution is 7.10. The molecule has 2 aromatic heterocycles. The molecule has 0 aliphatic carbocycles. The fraction of sp³-hybridized carbons (Fsp3) is 0.529. The van der Waals surface area contributed by atoms with Crippen molar-refractivity contribution in [2.24, 2.45) is 12.0 Å². The van der Waals surface area contributed by atoms with Gasteiger partial charge in [0.05, 0.1) is 6.20 Å². The van der Waals surface area contributed by atoms with Crippen LogP contribution in [-0.2, 0) is 18.9 Å². The van der Waals surface area contributed by atoms with Gasteiger partial charge in [0, 0.05) is 43.7 Å². The maximum Gasteiger partial charge on any atom is 0.191 e. The summed E-state index contributed by atoms with van der Waals surface area (Å²) >= 11 is 1.80. The number of aromatic nitrogens is 2. The van der Waals surface area contributed by atoms with Gasteiger partial charge in [-0.2, -0.15) is 5.10 Å². The summed E-state index contributed by atoms with van der Waals surface area (Å²) < 4.78 is 1.84. The maximum absolute atomic E-state index is 4.30. The standard InChI is InChI=1S/C17H27N5S/c1-17(2,15-8-6-10-23-15)13-20-16(18-3)19-9-5-7-14-11-21-22(4)12-14/h6,8,10-12H,5,7,9,13H2,1-4H3,(H2,18,19,20). The van der Waals surface area contributed by atoms with Crippen LogP contribution in [-0.4, -0.2) is 35.9 Å². The van der Waals surface area contributed by atoms with Crippen LogP contribution in [0.1, 0.15) is 30.7 Å². The maximum atomic E-state index is 4.30. The van der Waals surface area contributed by atoms with Gasteiger partial charge < -0.3 is 10.6 Å². The quantitative estimate of drug-likeness (QED) is 0.465. The van der Waals surface area contributed by atoms with Gasteiger partial charge in [-0.1, -0.05) is 19.9 Å². The summed E-state index contributed by atoms with van der Waals surface area (Å²) in [7, 11) is 3.76. The molecule has 2 aromatic rings. The fourth-order valence-corrected chi connectivity index (χ4v) is 3.23. The molecular weight excluding hydrogens is 306 g/mol. The van der Waals surface area contributed by atoms with Crippen molar-refractivity contribution in [1.82, 2.24) is 20.4 Å². The molecule has 0 aliphatic rings. The Morgan fingerprint density at radius 3 is 2.83 bits per heavy atom. The van der Waals surface area contributed by atoms with E-state index in [1.54, 1.807) is 11.3 Å². The van der Waals surface area contributed by atoms with E-state index in [2.05, 4.69) is 58.3 Å². The molecule has 0 fully saturated rings. The van der Waals surface area contributed by atoms with Gasteiger partial charge >= 0.3 is 0 Å². The average molecular weight is 334 g/mol. The van der Waals surface area contributed by atoms with E-state index in [0.717, 1.165) is 31.9 Å². The molecule has 0 unspecified atom stereocenters. The smallest absolute Gasteiger partial charge is 0.191 e. The first kappa shape index (κ1) is 17.5. The monoisotopic (exact) mass is 333 g/mol. The number of aryl methyl sites for hydroxylation is 2.